The van der Waals surface area contributed by atoms with E-state index >= 15 is 0 Å². The Morgan fingerprint density at radius 3 is 2.04 bits per heavy atom. The van der Waals surface area contributed by atoms with Crippen LogP contribution >= 0.6 is 0 Å². The molecule has 0 atom stereocenters. The van der Waals surface area contributed by atoms with Gasteiger partial charge in [-0.05, 0) is 49.4 Å². The molecule has 0 bridgehead atoms. The van der Waals surface area contributed by atoms with Gasteiger partial charge >= 0.3 is 58.2 Å². The van der Waals surface area contributed by atoms with Gasteiger partial charge in [0, 0.05) is 0 Å². The Morgan fingerprint density at radius 1 is 0.875 bits per heavy atom. The van der Waals surface area contributed by atoms with E-state index in [0.29, 0.717) is 0 Å². The Labute approximate surface area is 199 Å². The van der Waals surface area contributed by atoms with Crippen LogP contribution in [0, 0.1) is 43.6 Å². The van der Waals surface area contributed by atoms with Gasteiger partial charge in [-0.1, -0.05) is 59.3 Å². The van der Waals surface area contributed by atoms with E-state index < -0.39 is 0 Å². The zero-order valence-corrected chi connectivity index (χ0v) is 21.5. The van der Waals surface area contributed by atoms with E-state index in [0.717, 1.165) is 23.7 Å². The molecule has 2 aliphatic rings. The van der Waals surface area contributed by atoms with Gasteiger partial charge in [0.05, 0.1) is 0 Å². The van der Waals surface area contributed by atoms with Crippen LogP contribution in [0.25, 0.3) is 0 Å². The number of aryl methyl sites for hydroxylation is 1. The summed E-state index contributed by atoms with van der Waals surface area (Å²) in [6.45, 7) is 6.91. The number of rotatable bonds is 4. The van der Waals surface area contributed by atoms with Crippen LogP contribution in [0.2, 0.25) is 0 Å². The summed E-state index contributed by atoms with van der Waals surface area (Å²) in [5, 5.41) is 0. The molecule has 24 heavy (non-hydrogen) atoms. The molecule has 2 fully saturated rings. The van der Waals surface area contributed by atoms with Crippen LogP contribution in [0.5, 0.6) is 0 Å². The van der Waals surface area contributed by atoms with Gasteiger partial charge < -0.3 is 0 Å². The SMILES string of the molecule is Cc1[c-]ccc(CC2CCC(CC3CCC(C)CC3)CC2)c1C.[Rb+]. The predicted octanol–water partition coefficient (Wildman–Crippen LogP) is 3.67. The van der Waals surface area contributed by atoms with Crippen molar-refractivity contribution in [3.63, 3.8) is 0 Å². The van der Waals surface area contributed by atoms with E-state index in [-0.39, 0.29) is 58.2 Å². The molecule has 2 saturated carbocycles. The second-order valence-electron chi connectivity index (χ2n) is 8.71. The van der Waals surface area contributed by atoms with Crippen LogP contribution in [0.3, 0.4) is 0 Å². The van der Waals surface area contributed by atoms with Gasteiger partial charge in [-0.15, -0.1) is 0 Å². The first kappa shape index (κ1) is 21.3. The van der Waals surface area contributed by atoms with Crippen LogP contribution in [-0.4, -0.2) is 0 Å². The molecular formula is C23H35Rb. The Kier molecular flexibility index (Phi) is 9.23. The third-order valence-corrected chi connectivity index (χ3v) is 6.91. The van der Waals surface area contributed by atoms with Crippen LogP contribution in [0.1, 0.15) is 81.4 Å². The molecule has 3 rings (SSSR count). The Morgan fingerprint density at radius 2 is 1.42 bits per heavy atom. The summed E-state index contributed by atoms with van der Waals surface area (Å²) in [7, 11) is 0. The minimum absolute atomic E-state index is 0. The van der Waals surface area contributed by atoms with Gasteiger partial charge in [0.15, 0.2) is 0 Å². The fourth-order valence-electron chi connectivity index (χ4n) is 4.98. The van der Waals surface area contributed by atoms with E-state index in [9.17, 15) is 0 Å². The fourth-order valence-corrected chi connectivity index (χ4v) is 4.98. The molecule has 0 N–H and O–H groups in total. The molecule has 1 aromatic carbocycles. The average molecular weight is 397 g/mol. The summed E-state index contributed by atoms with van der Waals surface area (Å²) in [6, 6.07) is 7.75. The van der Waals surface area contributed by atoms with Crippen molar-refractivity contribution in [3.05, 3.63) is 34.9 Å². The third kappa shape index (κ3) is 6.03. The molecule has 0 unspecified atom stereocenters. The van der Waals surface area contributed by atoms with E-state index in [1.165, 1.54) is 75.3 Å². The Hall–Kier alpha value is 1.03. The van der Waals surface area contributed by atoms with Crippen LogP contribution in [0.4, 0.5) is 0 Å². The van der Waals surface area contributed by atoms with Gasteiger partial charge in [0.1, 0.15) is 0 Å². The zero-order chi connectivity index (χ0) is 16.2. The maximum absolute atomic E-state index is 3.33. The number of hydrogen-bond donors (Lipinski definition) is 0. The molecule has 0 spiro atoms. The maximum atomic E-state index is 3.33. The molecule has 0 aliphatic heterocycles. The molecule has 0 amide bonds. The summed E-state index contributed by atoms with van der Waals surface area (Å²) in [5.41, 5.74) is 4.39. The minimum Gasteiger partial charge on any atom is -0.180 e. The molecule has 1 heteroatoms. The largest absolute Gasteiger partial charge is 1.00 e. The van der Waals surface area contributed by atoms with E-state index in [1.54, 1.807) is 5.56 Å². The summed E-state index contributed by atoms with van der Waals surface area (Å²) >= 11 is 0. The predicted molar refractivity (Wildman–Crippen MR) is 99.6 cm³/mol. The standard InChI is InChI=1S/C23H35.Rb/c1-17-7-9-20(10-8-17)15-21-11-13-22(14-12-21)16-23-6-4-5-18(2)19(23)3;/h4,6,17,20-22H,7-16H2,1-3H3;/q-1;+1. The fraction of sp³-hybridized carbons (Fsp3) is 0.739. The van der Waals surface area contributed by atoms with Crippen molar-refractivity contribution >= 4 is 0 Å². The minimum atomic E-state index is 0. The molecule has 0 radical (unpaired) electrons. The van der Waals surface area contributed by atoms with Gasteiger partial charge in [0.25, 0.3) is 0 Å². The van der Waals surface area contributed by atoms with Gasteiger partial charge in [-0.25, -0.2) is 0 Å². The Bertz CT molecular complexity index is 491. The summed E-state index contributed by atoms with van der Waals surface area (Å²) in [4.78, 5) is 0. The molecule has 0 aromatic heterocycles. The summed E-state index contributed by atoms with van der Waals surface area (Å²) in [6.07, 6.45) is 14.8. The van der Waals surface area contributed by atoms with Gasteiger partial charge in [-0.2, -0.15) is 34.9 Å². The monoisotopic (exact) mass is 396 g/mol. The zero-order valence-electron chi connectivity index (χ0n) is 16.5. The second-order valence-corrected chi connectivity index (χ2v) is 8.71. The van der Waals surface area contributed by atoms with Crippen LogP contribution < -0.4 is 58.2 Å². The number of hydrogen-bond acceptors (Lipinski definition) is 0. The molecule has 2 aliphatic carbocycles. The summed E-state index contributed by atoms with van der Waals surface area (Å²) in [5.74, 6) is 4.02. The van der Waals surface area contributed by atoms with Gasteiger partial charge in [-0.3, -0.25) is 0 Å². The van der Waals surface area contributed by atoms with Crippen molar-refractivity contribution in [2.75, 3.05) is 0 Å². The third-order valence-electron chi connectivity index (χ3n) is 6.91. The molecule has 0 heterocycles. The van der Waals surface area contributed by atoms with Crippen molar-refractivity contribution < 1.29 is 58.2 Å². The van der Waals surface area contributed by atoms with E-state index in [1.807, 2.05) is 0 Å². The first-order valence-corrected chi connectivity index (χ1v) is 10.1. The molecule has 0 nitrogen and oxygen atoms in total. The van der Waals surface area contributed by atoms with Crippen molar-refractivity contribution in [3.8, 4) is 0 Å². The average Bonchev–Trinajstić information content (AvgIpc) is 2.56. The Balaban J connectivity index is 0.00000208. The van der Waals surface area contributed by atoms with E-state index in [4.69, 9.17) is 0 Å². The quantitative estimate of drug-likeness (QED) is 0.681. The van der Waals surface area contributed by atoms with E-state index in [2.05, 4.69) is 39.0 Å². The van der Waals surface area contributed by atoms with Crippen molar-refractivity contribution in [1.29, 1.82) is 0 Å². The maximum Gasteiger partial charge on any atom is 1.00 e. The number of benzene rings is 1. The van der Waals surface area contributed by atoms with Crippen molar-refractivity contribution in [2.45, 2.75) is 85.0 Å². The first-order valence-electron chi connectivity index (χ1n) is 10.1. The molecule has 0 saturated heterocycles. The molecule has 128 valence electrons. The first-order chi connectivity index (χ1) is 11.1. The van der Waals surface area contributed by atoms with Gasteiger partial charge in [0.2, 0.25) is 0 Å². The molecule has 1 aromatic rings. The smallest absolute Gasteiger partial charge is 0.180 e. The topological polar surface area (TPSA) is 0 Å². The summed E-state index contributed by atoms with van der Waals surface area (Å²) < 4.78 is 0. The van der Waals surface area contributed by atoms with Crippen molar-refractivity contribution in [2.24, 2.45) is 23.7 Å². The van der Waals surface area contributed by atoms with Crippen LogP contribution in [-0.2, 0) is 6.42 Å². The van der Waals surface area contributed by atoms with Crippen molar-refractivity contribution in [1.82, 2.24) is 0 Å². The normalized spacial score (nSPS) is 30.6. The second kappa shape index (κ2) is 10.4. The molecular weight excluding hydrogens is 362 g/mol. The van der Waals surface area contributed by atoms with Crippen LogP contribution in [0.15, 0.2) is 12.1 Å².